The molecule has 15 heteroatoms. The van der Waals surface area contributed by atoms with E-state index in [-0.39, 0.29) is 6.61 Å². The van der Waals surface area contributed by atoms with Gasteiger partial charge in [0.2, 0.25) is 0 Å². The Bertz CT molecular complexity index is 1090. The second kappa shape index (κ2) is 11.3. The molecule has 0 aromatic heterocycles. The average Bonchev–Trinajstić information content (AvgIpc) is 3.07. The molecule has 0 radical (unpaired) electrons. The molecule has 0 spiro atoms. The number of hydrogen-bond donors (Lipinski definition) is 2. The first kappa shape index (κ1) is 27.9. The minimum atomic E-state index is -4.14. The van der Waals surface area contributed by atoms with Crippen LogP contribution in [0.5, 0.6) is 0 Å². The van der Waals surface area contributed by atoms with E-state index in [2.05, 4.69) is 5.32 Å². The second-order valence-corrected chi connectivity index (χ2v) is 10.7. The monoisotopic (exact) mass is 564 g/mol. The van der Waals surface area contributed by atoms with Gasteiger partial charge in [0.15, 0.2) is 18.0 Å². The van der Waals surface area contributed by atoms with Gasteiger partial charge in [-0.3, -0.25) is 18.5 Å². The van der Waals surface area contributed by atoms with Crippen molar-refractivity contribution >= 4 is 31.4 Å². The molecule has 0 saturated carbocycles. The van der Waals surface area contributed by atoms with Gasteiger partial charge < -0.3 is 24.6 Å². The van der Waals surface area contributed by atoms with E-state index < -0.39 is 69.5 Å². The first-order valence-corrected chi connectivity index (χ1v) is 13.2. The van der Waals surface area contributed by atoms with Gasteiger partial charge >= 0.3 is 19.8 Å². The van der Waals surface area contributed by atoms with Gasteiger partial charge in [0.05, 0.1) is 19.3 Å². The van der Waals surface area contributed by atoms with Gasteiger partial charge in [-0.1, -0.05) is 23.7 Å². The number of halogens is 2. The predicted octanol–water partition coefficient (Wildman–Crippen LogP) is 2.81. The molecule has 1 unspecified atom stereocenters. The van der Waals surface area contributed by atoms with Gasteiger partial charge in [-0.2, -0.15) is 0 Å². The summed E-state index contributed by atoms with van der Waals surface area (Å²) in [5.74, 6) is -0.891. The summed E-state index contributed by atoms with van der Waals surface area (Å²) in [6.07, 6.45) is -3.65. The highest BCUT2D eigenvalue weighted by atomic mass is 35.5. The van der Waals surface area contributed by atoms with Crippen molar-refractivity contribution in [1.29, 1.82) is 0 Å². The fourth-order valence-electron chi connectivity index (χ4n) is 4.18. The highest BCUT2D eigenvalue weighted by Crippen LogP contribution is 2.57. The number of methoxy groups -OCH3 is 1. The minimum absolute atomic E-state index is 0.0523. The molecule has 2 amide bonds. The summed E-state index contributed by atoms with van der Waals surface area (Å²) >= 11 is 6.04. The lowest BCUT2D eigenvalue weighted by molar-refractivity contribution is -0.162. The van der Waals surface area contributed by atoms with Gasteiger partial charge in [-0.05, 0) is 30.7 Å². The van der Waals surface area contributed by atoms with E-state index in [4.69, 9.17) is 39.4 Å². The Morgan fingerprint density at radius 3 is 2.92 bits per heavy atom. The maximum atomic E-state index is 16.1. The van der Waals surface area contributed by atoms with Crippen LogP contribution in [0.15, 0.2) is 36.5 Å². The minimum Gasteiger partial charge on any atom is -0.454 e. The van der Waals surface area contributed by atoms with Gasteiger partial charge in [0, 0.05) is 24.8 Å². The normalized spacial score (nSPS) is 35.9. The average molecular weight is 565 g/mol. The van der Waals surface area contributed by atoms with Crippen molar-refractivity contribution in [2.75, 3.05) is 26.9 Å². The predicted molar refractivity (Wildman–Crippen MR) is 125 cm³/mol. The second-order valence-electron chi connectivity index (χ2n) is 8.68. The summed E-state index contributed by atoms with van der Waals surface area (Å²) in [5.41, 5.74) is -1.78. The Morgan fingerprint density at radius 2 is 2.22 bits per heavy atom. The van der Waals surface area contributed by atoms with E-state index >= 15 is 4.39 Å². The van der Waals surface area contributed by atoms with Crippen LogP contribution in [-0.4, -0.2) is 79.3 Å². The topological polar surface area (TPSA) is 142 Å². The zero-order valence-corrected chi connectivity index (χ0v) is 21.6. The Balaban J connectivity index is 1.51. The number of benzene rings is 1. The molecule has 0 bridgehead atoms. The van der Waals surface area contributed by atoms with Crippen LogP contribution < -0.4 is 5.32 Å². The quantitative estimate of drug-likeness (QED) is 0.357. The number of ether oxygens (including phenoxy) is 3. The first-order valence-electron chi connectivity index (χ1n) is 11.3. The number of esters is 1. The SMILES string of the molecule is COCC(=O)O[C@@H]1[C@@H](CO[P@@]2(=O)OCC[C@@H](c3cccc(Cl)c3)O2)O[C@@H](N2C=CC(O)NC2=O)[C@]1(C)F. The molecule has 3 heterocycles. The van der Waals surface area contributed by atoms with Gasteiger partial charge in [0.1, 0.15) is 18.9 Å². The summed E-state index contributed by atoms with van der Waals surface area (Å²) in [4.78, 5) is 25.4. The molecule has 7 atom stereocenters. The number of aliphatic hydroxyl groups is 1. The number of amides is 2. The molecule has 204 valence electrons. The van der Waals surface area contributed by atoms with Crippen LogP contribution in [0.2, 0.25) is 5.02 Å². The Hall–Kier alpha value is -2.09. The number of hydrogen-bond acceptors (Lipinski definition) is 10. The number of phosphoric acid groups is 1. The summed E-state index contributed by atoms with van der Waals surface area (Å²) in [6.45, 7) is 0.103. The van der Waals surface area contributed by atoms with Crippen LogP contribution in [0.1, 0.15) is 25.0 Å². The van der Waals surface area contributed by atoms with E-state index in [1.807, 2.05) is 0 Å². The molecule has 0 aliphatic carbocycles. The highest BCUT2D eigenvalue weighted by Gasteiger charge is 2.60. The van der Waals surface area contributed by atoms with E-state index in [1.165, 1.54) is 13.2 Å². The van der Waals surface area contributed by atoms with Crippen molar-refractivity contribution in [3.8, 4) is 0 Å². The lowest BCUT2D eigenvalue weighted by atomic mass is 9.97. The number of phosphoric ester groups is 1. The summed E-state index contributed by atoms with van der Waals surface area (Å²) in [6, 6.07) is 5.99. The molecule has 1 aromatic rings. The Morgan fingerprint density at radius 1 is 1.43 bits per heavy atom. The molecule has 2 fully saturated rings. The van der Waals surface area contributed by atoms with Crippen molar-refractivity contribution < 1.29 is 51.4 Å². The highest BCUT2D eigenvalue weighted by molar-refractivity contribution is 7.48. The van der Waals surface area contributed by atoms with Crippen molar-refractivity contribution in [3.05, 3.63) is 47.1 Å². The first-order chi connectivity index (χ1) is 17.5. The van der Waals surface area contributed by atoms with Crippen LogP contribution in [0.3, 0.4) is 0 Å². The molecule has 2 N–H and O–H groups in total. The van der Waals surface area contributed by atoms with E-state index in [9.17, 15) is 19.3 Å². The van der Waals surface area contributed by atoms with E-state index in [0.29, 0.717) is 17.0 Å². The van der Waals surface area contributed by atoms with Crippen LogP contribution in [0.25, 0.3) is 0 Å². The van der Waals surface area contributed by atoms with Gasteiger partial charge in [-0.25, -0.2) is 18.5 Å². The van der Waals surface area contributed by atoms with Gasteiger partial charge in [-0.15, -0.1) is 0 Å². The Labute approximate surface area is 217 Å². The zero-order chi connectivity index (χ0) is 26.8. The number of nitrogens with one attached hydrogen (secondary N) is 1. The maximum Gasteiger partial charge on any atom is 0.475 e. The molecule has 3 aliphatic rings. The number of carbonyl (C=O) groups is 2. The van der Waals surface area contributed by atoms with E-state index in [0.717, 1.165) is 18.0 Å². The van der Waals surface area contributed by atoms with Crippen molar-refractivity contribution in [1.82, 2.24) is 10.2 Å². The largest absolute Gasteiger partial charge is 0.475 e. The standard InChI is InChI=1S/C22H27ClFN2O10P/c1-22(24)19(35-18(28)12-31-2)16(34-20(22)26-8-6-17(27)25-21(26)29)11-33-37(30)32-9-7-15(36-37)13-4-3-5-14(23)10-13/h3-6,8,10,15-17,19-20,27H,7,9,11-12H2,1-2H3,(H,25,29)/t15-,16+,17?,19+,20+,22+,37+/m0/s1. The molecular formula is C22H27ClFN2O10P. The van der Waals surface area contributed by atoms with Gasteiger partial charge in [0.25, 0.3) is 0 Å². The van der Waals surface area contributed by atoms with Crippen LogP contribution in [0.4, 0.5) is 9.18 Å². The van der Waals surface area contributed by atoms with Crippen molar-refractivity contribution in [2.24, 2.45) is 0 Å². The molecule has 2 saturated heterocycles. The zero-order valence-electron chi connectivity index (χ0n) is 20.0. The molecule has 12 nitrogen and oxygen atoms in total. The molecule has 4 rings (SSSR count). The summed E-state index contributed by atoms with van der Waals surface area (Å²) in [5, 5.41) is 12.3. The summed E-state index contributed by atoms with van der Waals surface area (Å²) in [7, 11) is -2.88. The fraction of sp³-hybridized carbons (Fsp3) is 0.545. The maximum absolute atomic E-state index is 16.1. The molecule has 37 heavy (non-hydrogen) atoms. The van der Waals surface area contributed by atoms with Crippen LogP contribution in [0, 0.1) is 0 Å². The third kappa shape index (κ3) is 6.32. The summed E-state index contributed by atoms with van der Waals surface area (Å²) < 4.78 is 61.4. The number of rotatable bonds is 8. The molecular weight excluding hydrogens is 538 g/mol. The fourth-order valence-corrected chi connectivity index (χ4v) is 5.77. The number of aliphatic hydroxyl groups excluding tert-OH is 1. The Kier molecular flexibility index (Phi) is 8.56. The van der Waals surface area contributed by atoms with Crippen molar-refractivity contribution in [3.63, 3.8) is 0 Å². The lowest BCUT2D eigenvalue weighted by Crippen LogP contribution is -2.56. The van der Waals surface area contributed by atoms with Crippen LogP contribution in [-0.2, 0) is 37.1 Å². The van der Waals surface area contributed by atoms with Crippen LogP contribution >= 0.6 is 19.4 Å². The number of carbonyl (C=O) groups excluding carboxylic acids is 2. The molecule has 3 aliphatic heterocycles. The van der Waals surface area contributed by atoms with Crippen molar-refractivity contribution in [2.45, 2.75) is 49.8 Å². The number of urea groups is 1. The third-order valence-electron chi connectivity index (χ3n) is 5.89. The lowest BCUT2D eigenvalue weighted by Gasteiger charge is -2.34. The van der Waals surface area contributed by atoms with E-state index in [1.54, 1.807) is 24.3 Å². The number of alkyl halides is 1. The third-order valence-corrected chi connectivity index (χ3v) is 7.60. The number of nitrogens with zero attached hydrogens (tertiary/aromatic N) is 1. The smallest absolute Gasteiger partial charge is 0.454 e. The molecule has 1 aromatic carbocycles.